The predicted molar refractivity (Wildman–Crippen MR) is 103 cm³/mol. The maximum Gasteiger partial charge on any atom is 0.255 e. The molecular weight excluding hydrogens is 361 g/mol. The molecule has 2 N–H and O–H groups in total. The number of anilines is 1. The van der Waals surface area contributed by atoms with Gasteiger partial charge >= 0.3 is 0 Å². The van der Waals surface area contributed by atoms with Crippen LogP contribution in [0, 0.1) is 19.8 Å². The Kier molecular flexibility index (Phi) is 7.70. The SMILES string of the molecule is Cc1nc(C)n(CC2CCCN(C(=O)c3ccccc3N)C2)n1.Cl.Cl. The molecule has 1 aliphatic rings. The van der Waals surface area contributed by atoms with Crippen LogP contribution in [0.2, 0.25) is 0 Å². The van der Waals surface area contributed by atoms with Gasteiger partial charge < -0.3 is 10.6 Å². The lowest BCUT2D eigenvalue weighted by Crippen LogP contribution is -2.41. The van der Waals surface area contributed by atoms with Crippen LogP contribution in [0.3, 0.4) is 0 Å². The lowest BCUT2D eigenvalue weighted by molar-refractivity contribution is 0.0660. The number of rotatable bonds is 3. The number of hydrogen-bond donors (Lipinski definition) is 1. The van der Waals surface area contributed by atoms with Crippen LogP contribution in [0.25, 0.3) is 0 Å². The summed E-state index contributed by atoms with van der Waals surface area (Å²) in [6.07, 6.45) is 2.11. The van der Waals surface area contributed by atoms with Gasteiger partial charge in [-0.3, -0.25) is 4.79 Å². The zero-order valence-electron chi connectivity index (χ0n) is 14.5. The van der Waals surface area contributed by atoms with E-state index < -0.39 is 0 Å². The third kappa shape index (κ3) is 4.86. The smallest absolute Gasteiger partial charge is 0.255 e. The van der Waals surface area contributed by atoms with E-state index in [2.05, 4.69) is 10.1 Å². The average Bonchev–Trinajstić information content (AvgIpc) is 2.85. The summed E-state index contributed by atoms with van der Waals surface area (Å²) in [7, 11) is 0. The molecule has 1 aliphatic heterocycles. The number of nitrogens with two attached hydrogens (primary N) is 1. The number of benzene rings is 1. The quantitative estimate of drug-likeness (QED) is 0.823. The Morgan fingerprint density at radius 1 is 1.28 bits per heavy atom. The fraction of sp³-hybridized carbons (Fsp3) is 0.471. The number of likely N-dealkylation sites (tertiary alicyclic amines) is 1. The van der Waals surface area contributed by atoms with Crippen molar-refractivity contribution in [2.45, 2.75) is 33.2 Å². The van der Waals surface area contributed by atoms with Crippen LogP contribution in [0.1, 0.15) is 34.8 Å². The first-order valence-electron chi connectivity index (χ1n) is 8.06. The van der Waals surface area contributed by atoms with E-state index in [4.69, 9.17) is 5.73 Å². The minimum absolute atomic E-state index is 0. The molecule has 1 aromatic heterocycles. The fourth-order valence-electron chi connectivity index (χ4n) is 3.24. The maximum atomic E-state index is 12.7. The number of hydrogen-bond acceptors (Lipinski definition) is 4. The topological polar surface area (TPSA) is 77.0 Å². The largest absolute Gasteiger partial charge is 0.398 e. The first kappa shape index (κ1) is 21.3. The van der Waals surface area contributed by atoms with Gasteiger partial charge in [0.05, 0.1) is 5.56 Å². The highest BCUT2D eigenvalue weighted by Gasteiger charge is 2.26. The van der Waals surface area contributed by atoms with Crippen molar-refractivity contribution in [3.63, 3.8) is 0 Å². The Morgan fingerprint density at radius 2 is 2.00 bits per heavy atom. The third-order valence-electron chi connectivity index (χ3n) is 4.39. The first-order valence-corrected chi connectivity index (χ1v) is 8.06. The molecule has 1 atom stereocenters. The summed E-state index contributed by atoms with van der Waals surface area (Å²) in [5, 5.41) is 4.43. The van der Waals surface area contributed by atoms with Crippen molar-refractivity contribution >= 4 is 36.4 Å². The summed E-state index contributed by atoms with van der Waals surface area (Å²) in [6.45, 7) is 6.21. The molecule has 8 heteroatoms. The Hall–Kier alpha value is -1.79. The molecule has 2 aromatic rings. The van der Waals surface area contributed by atoms with Crippen molar-refractivity contribution in [3.05, 3.63) is 41.5 Å². The molecule has 0 aliphatic carbocycles. The number of carbonyl (C=O) groups is 1. The molecule has 0 spiro atoms. The van der Waals surface area contributed by atoms with Crippen molar-refractivity contribution in [1.29, 1.82) is 0 Å². The third-order valence-corrected chi connectivity index (χ3v) is 4.39. The molecule has 1 fully saturated rings. The number of aryl methyl sites for hydroxylation is 2. The van der Waals surface area contributed by atoms with Crippen molar-refractivity contribution in [2.24, 2.45) is 5.92 Å². The number of carbonyl (C=O) groups excluding carboxylic acids is 1. The van der Waals surface area contributed by atoms with Gasteiger partial charge in [-0.05, 0) is 44.7 Å². The van der Waals surface area contributed by atoms with Gasteiger partial charge in [-0.15, -0.1) is 24.8 Å². The molecule has 1 saturated heterocycles. The molecular formula is C17H25Cl2N5O. The van der Waals surface area contributed by atoms with Crippen LogP contribution < -0.4 is 5.73 Å². The second-order valence-electron chi connectivity index (χ2n) is 6.24. The van der Waals surface area contributed by atoms with Gasteiger partial charge in [-0.2, -0.15) is 5.10 Å². The number of para-hydroxylation sites is 1. The molecule has 1 aromatic carbocycles. The highest BCUT2D eigenvalue weighted by Crippen LogP contribution is 2.22. The van der Waals surface area contributed by atoms with Crippen molar-refractivity contribution in [2.75, 3.05) is 18.8 Å². The normalized spacial score (nSPS) is 16.7. The molecule has 1 amide bonds. The zero-order valence-corrected chi connectivity index (χ0v) is 16.1. The molecule has 1 unspecified atom stereocenters. The van der Waals surface area contributed by atoms with Gasteiger partial charge in [-0.25, -0.2) is 9.67 Å². The summed E-state index contributed by atoms with van der Waals surface area (Å²) in [6, 6.07) is 7.27. The van der Waals surface area contributed by atoms with E-state index in [0.29, 0.717) is 17.2 Å². The van der Waals surface area contributed by atoms with E-state index >= 15 is 0 Å². The van der Waals surface area contributed by atoms with E-state index in [9.17, 15) is 4.79 Å². The van der Waals surface area contributed by atoms with Gasteiger partial charge in [0, 0.05) is 25.3 Å². The van der Waals surface area contributed by atoms with Crippen molar-refractivity contribution in [3.8, 4) is 0 Å². The molecule has 6 nitrogen and oxygen atoms in total. The van der Waals surface area contributed by atoms with Crippen molar-refractivity contribution < 1.29 is 4.79 Å². The zero-order chi connectivity index (χ0) is 16.4. The van der Waals surface area contributed by atoms with Crippen LogP contribution in [-0.4, -0.2) is 38.7 Å². The number of nitrogens with zero attached hydrogens (tertiary/aromatic N) is 4. The summed E-state index contributed by atoms with van der Waals surface area (Å²) in [5.41, 5.74) is 7.08. The van der Waals surface area contributed by atoms with Crippen LogP contribution in [0.5, 0.6) is 0 Å². The number of halogens is 2. The Balaban J connectivity index is 0.00000156. The van der Waals surface area contributed by atoms with E-state index in [1.807, 2.05) is 35.6 Å². The van der Waals surface area contributed by atoms with Crippen LogP contribution >= 0.6 is 24.8 Å². The summed E-state index contributed by atoms with van der Waals surface area (Å²) in [4.78, 5) is 19.0. The van der Waals surface area contributed by atoms with Gasteiger partial charge in [0.15, 0.2) is 0 Å². The molecule has 0 radical (unpaired) electrons. The van der Waals surface area contributed by atoms with Gasteiger partial charge in [0.25, 0.3) is 5.91 Å². The second kappa shape index (κ2) is 9.06. The van der Waals surface area contributed by atoms with E-state index in [1.54, 1.807) is 12.1 Å². The predicted octanol–water partition coefficient (Wildman–Crippen LogP) is 2.87. The van der Waals surface area contributed by atoms with Crippen molar-refractivity contribution in [1.82, 2.24) is 19.7 Å². The Bertz CT molecular complexity index is 719. The van der Waals surface area contributed by atoms with E-state index in [-0.39, 0.29) is 30.7 Å². The number of aromatic nitrogens is 3. The fourth-order valence-corrected chi connectivity index (χ4v) is 3.24. The first-order chi connectivity index (χ1) is 11.0. The van der Waals surface area contributed by atoms with E-state index in [0.717, 1.165) is 44.1 Å². The van der Waals surface area contributed by atoms with E-state index in [1.165, 1.54) is 0 Å². The summed E-state index contributed by atoms with van der Waals surface area (Å²) in [5.74, 6) is 2.15. The minimum Gasteiger partial charge on any atom is -0.398 e. The summed E-state index contributed by atoms with van der Waals surface area (Å²) >= 11 is 0. The van der Waals surface area contributed by atoms with Crippen LogP contribution in [-0.2, 0) is 6.54 Å². The molecule has 138 valence electrons. The van der Waals surface area contributed by atoms with Crippen LogP contribution in [0.15, 0.2) is 24.3 Å². The molecule has 0 saturated carbocycles. The molecule has 3 rings (SSSR count). The molecule has 2 heterocycles. The minimum atomic E-state index is 0. The van der Waals surface area contributed by atoms with Gasteiger partial charge in [-0.1, -0.05) is 12.1 Å². The Morgan fingerprint density at radius 3 is 2.64 bits per heavy atom. The number of amides is 1. The standard InChI is InChI=1S/C17H23N5O.2ClH/c1-12-19-13(2)22(20-12)11-14-6-5-9-21(10-14)17(23)15-7-3-4-8-16(15)18;;/h3-4,7-8,14H,5-6,9-11,18H2,1-2H3;2*1H. The lowest BCUT2D eigenvalue weighted by Gasteiger charge is -2.33. The molecule has 25 heavy (non-hydrogen) atoms. The second-order valence-corrected chi connectivity index (χ2v) is 6.24. The average molecular weight is 386 g/mol. The number of nitrogen functional groups attached to an aromatic ring is 1. The maximum absolute atomic E-state index is 12.7. The number of piperidine rings is 1. The lowest BCUT2D eigenvalue weighted by atomic mass is 9.97. The summed E-state index contributed by atoms with van der Waals surface area (Å²) < 4.78 is 1.95. The highest BCUT2D eigenvalue weighted by atomic mass is 35.5. The molecule has 0 bridgehead atoms. The van der Waals surface area contributed by atoms with Crippen LogP contribution in [0.4, 0.5) is 5.69 Å². The van der Waals surface area contributed by atoms with Gasteiger partial charge in [0.1, 0.15) is 11.6 Å². The monoisotopic (exact) mass is 385 g/mol. The van der Waals surface area contributed by atoms with Gasteiger partial charge in [0.2, 0.25) is 0 Å². The Labute approximate surface area is 160 Å². The highest BCUT2D eigenvalue weighted by molar-refractivity contribution is 5.99.